The molecule has 0 spiro atoms. The number of hydrogen-bond acceptors (Lipinski definition) is 8. The van der Waals surface area contributed by atoms with Crippen LogP contribution in [0.25, 0.3) is 0 Å². The fraction of sp³-hybridized carbons (Fsp3) is 0.500. The van der Waals surface area contributed by atoms with Crippen molar-refractivity contribution >= 4 is 29.7 Å². The summed E-state index contributed by atoms with van der Waals surface area (Å²) in [7, 11) is 0. The van der Waals surface area contributed by atoms with Gasteiger partial charge in [-0.1, -0.05) is 13.8 Å². The quantitative estimate of drug-likeness (QED) is 0.132. The molecule has 3 amide bonds. The molecule has 2 heterocycles. The van der Waals surface area contributed by atoms with Crippen LogP contribution < -0.4 is 21.7 Å². The summed E-state index contributed by atoms with van der Waals surface area (Å²) in [5, 5.41) is 25.8. The lowest BCUT2D eigenvalue weighted by molar-refractivity contribution is -0.143. The Labute approximate surface area is 212 Å². The number of aliphatic carboxylic acids is 2. The minimum atomic E-state index is -1.23. The number of amides is 3. The number of aromatic nitrogens is 4. The normalized spacial score (nSPS) is 14.3. The number of carbonyl (C=O) groups is 5. The van der Waals surface area contributed by atoms with E-state index in [0.717, 1.165) is 0 Å². The maximum absolute atomic E-state index is 13.3. The second-order valence-corrected chi connectivity index (χ2v) is 8.79. The van der Waals surface area contributed by atoms with Gasteiger partial charge in [0.25, 0.3) is 0 Å². The number of imidazole rings is 2. The first kappa shape index (κ1) is 29.0. The fourth-order valence-electron chi connectivity index (χ4n) is 3.38. The minimum absolute atomic E-state index is 0.0363. The summed E-state index contributed by atoms with van der Waals surface area (Å²) in [5.74, 6) is -5.01. The highest BCUT2D eigenvalue weighted by atomic mass is 16.4. The average Bonchev–Trinajstić information content (AvgIpc) is 3.53. The largest absolute Gasteiger partial charge is 0.481 e. The molecule has 0 saturated carbocycles. The number of hydrogen-bond donors (Lipinski definition) is 8. The minimum Gasteiger partial charge on any atom is -0.481 e. The number of carboxylic acids is 2. The zero-order valence-corrected chi connectivity index (χ0v) is 20.4. The Balaban J connectivity index is 2.22. The predicted octanol–water partition coefficient (Wildman–Crippen LogP) is -1.69. The molecular formula is C22H32N8O7. The molecule has 37 heavy (non-hydrogen) atoms. The van der Waals surface area contributed by atoms with Crippen LogP contribution in [-0.4, -0.2) is 84.0 Å². The number of H-pyrrole nitrogens is 2. The number of nitrogens with two attached hydrogens (primary N) is 1. The van der Waals surface area contributed by atoms with E-state index in [1.54, 1.807) is 13.8 Å². The van der Waals surface area contributed by atoms with Gasteiger partial charge in [0.1, 0.15) is 18.1 Å². The maximum Gasteiger partial charge on any atom is 0.326 e. The predicted molar refractivity (Wildman–Crippen MR) is 128 cm³/mol. The van der Waals surface area contributed by atoms with Crippen molar-refractivity contribution in [3.05, 3.63) is 36.4 Å². The standard InChI is InChI=1S/C22H32N8O7/c1-11(2)18(22(36)37)30-21(35)16(6-13-8-25-10-27-13)29-20(34)15(5-12-7-24-9-26-12)28-19(33)14(23)3-4-17(31)32/h7-11,14-16,18H,3-6,23H2,1-2H3,(H,24,26)(H,25,27)(H,28,33)(H,29,34)(H,30,35)(H,31,32)(H,36,37). The van der Waals surface area contributed by atoms with E-state index in [4.69, 9.17) is 10.8 Å². The topological polar surface area (TPSA) is 245 Å². The van der Waals surface area contributed by atoms with Gasteiger partial charge in [0.15, 0.2) is 0 Å². The lowest BCUT2D eigenvalue weighted by atomic mass is 10.0. The van der Waals surface area contributed by atoms with Gasteiger partial charge in [-0.3, -0.25) is 19.2 Å². The van der Waals surface area contributed by atoms with Gasteiger partial charge in [0, 0.05) is 43.0 Å². The Kier molecular flexibility index (Phi) is 10.7. The van der Waals surface area contributed by atoms with Crippen molar-refractivity contribution in [3.8, 4) is 0 Å². The van der Waals surface area contributed by atoms with Crippen LogP contribution in [0.4, 0.5) is 0 Å². The van der Waals surface area contributed by atoms with Gasteiger partial charge in [0.2, 0.25) is 17.7 Å². The molecule has 9 N–H and O–H groups in total. The maximum atomic E-state index is 13.3. The zero-order valence-electron chi connectivity index (χ0n) is 20.4. The molecule has 202 valence electrons. The van der Waals surface area contributed by atoms with Gasteiger partial charge < -0.3 is 41.9 Å². The van der Waals surface area contributed by atoms with Crippen LogP contribution in [0, 0.1) is 5.92 Å². The van der Waals surface area contributed by atoms with Gasteiger partial charge in [0.05, 0.1) is 18.7 Å². The molecule has 0 bridgehead atoms. The molecule has 0 aliphatic carbocycles. The second-order valence-electron chi connectivity index (χ2n) is 8.79. The van der Waals surface area contributed by atoms with Crippen molar-refractivity contribution in [2.24, 2.45) is 11.7 Å². The number of nitrogens with zero attached hydrogens (tertiary/aromatic N) is 2. The zero-order chi connectivity index (χ0) is 27.5. The number of rotatable bonds is 15. The van der Waals surface area contributed by atoms with E-state index in [9.17, 15) is 29.1 Å². The first-order valence-electron chi connectivity index (χ1n) is 11.5. The Morgan fingerprint density at radius 2 is 1.35 bits per heavy atom. The third-order valence-corrected chi connectivity index (χ3v) is 5.46. The third kappa shape index (κ3) is 9.36. The molecule has 0 aliphatic heterocycles. The molecule has 15 nitrogen and oxygen atoms in total. The van der Waals surface area contributed by atoms with Crippen molar-refractivity contribution in [3.63, 3.8) is 0 Å². The van der Waals surface area contributed by atoms with Crippen LogP contribution in [0.15, 0.2) is 25.0 Å². The summed E-state index contributed by atoms with van der Waals surface area (Å²) in [6.45, 7) is 3.26. The van der Waals surface area contributed by atoms with E-state index in [2.05, 4.69) is 35.9 Å². The van der Waals surface area contributed by atoms with E-state index >= 15 is 0 Å². The number of nitrogens with one attached hydrogen (secondary N) is 5. The third-order valence-electron chi connectivity index (χ3n) is 5.46. The highest BCUT2D eigenvalue weighted by Crippen LogP contribution is 2.07. The Hall–Kier alpha value is -4.27. The Morgan fingerprint density at radius 3 is 1.76 bits per heavy atom. The molecule has 2 aromatic rings. The summed E-state index contributed by atoms with van der Waals surface area (Å²) < 4.78 is 0. The van der Waals surface area contributed by atoms with Gasteiger partial charge >= 0.3 is 11.9 Å². The lowest BCUT2D eigenvalue weighted by Crippen LogP contribution is -2.58. The molecule has 2 aromatic heterocycles. The SMILES string of the molecule is CC(C)C(NC(=O)C(Cc1cnc[nH]1)NC(=O)C(Cc1cnc[nH]1)NC(=O)C(N)CCC(=O)O)C(=O)O. The Morgan fingerprint density at radius 1 is 0.865 bits per heavy atom. The molecule has 0 radical (unpaired) electrons. The molecule has 0 aliphatic rings. The molecule has 4 unspecified atom stereocenters. The van der Waals surface area contributed by atoms with E-state index in [1.165, 1.54) is 25.0 Å². The number of carbonyl (C=O) groups excluding carboxylic acids is 3. The Bertz CT molecular complexity index is 1060. The van der Waals surface area contributed by atoms with Crippen LogP contribution in [0.3, 0.4) is 0 Å². The monoisotopic (exact) mass is 520 g/mol. The van der Waals surface area contributed by atoms with Gasteiger partial charge in [-0.2, -0.15) is 0 Å². The first-order valence-corrected chi connectivity index (χ1v) is 11.5. The van der Waals surface area contributed by atoms with Crippen molar-refractivity contribution in [1.82, 2.24) is 35.9 Å². The number of carboxylic acid groups (broad SMARTS) is 2. The summed E-state index contributed by atoms with van der Waals surface area (Å²) >= 11 is 0. The molecule has 0 saturated heterocycles. The van der Waals surface area contributed by atoms with Crippen LogP contribution in [0.2, 0.25) is 0 Å². The van der Waals surface area contributed by atoms with Crippen LogP contribution in [0.5, 0.6) is 0 Å². The van der Waals surface area contributed by atoms with Gasteiger partial charge in [-0.05, 0) is 12.3 Å². The van der Waals surface area contributed by atoms with Crippen LogP contribution in [-0.2, 0) is 36.8 Å². The van der Waals surface area contributed by atoms with Crippen molar-refractivity contribution < 1.29 is 34.2 Å². The van der Waals surface area contributed by atoms with E-state index in [-0.39, 0.29) is 25.7 Å². The lowest BCUT2D eigenvalue weighted by Gasteiger charge is -2.25. The van der Waals surface area contributed by atoms with Gasteiger partial charge in [-0.25, -0.2) is 14.8 Å². The summed E-state index contributed by atoms with van der Waals surface area (Å²) in [6, 6.07) is -4.79. The van der Waals surface area contributed by atoms with Crippen molar-refractivity contribution in [2.45, 2.75) is 63.7 Å². The van der Waals surface area contributed by atoms with Gasteiger partial charge in [-0.15, -0.1) is 0 Å². The molecular weight excluding hydrogens is 488 g/mol. The highest BCUT2D eigenvalue weighted by Gasteiger charge is 2.32. The first-order chi connectivity index (χ1) is 17.5. The second kappa shape index (κ2) is 13.7. The van der Waals surface area contributed by atoms with E-state index in [1.807, 2.05) is 0 Å². The van der Waals surface area contributed by atoms with E-state index < -0.39 is 59.7 Å². The number of aromatic amines is 2. The highest BCUT2D eigenvalue weighted by molar-refractivity contribution is 5.94. The summed E-state index contributed by atoms with van der Waals surface area (Å²) in [4.78, 5) is 74.7. The van der Waals surface area contributed by atoms with Crippen LogP contribution >= 0.6 is 0 Å². The smallest absolute Gasteiger partial charge is 0.326 e. The molecule has 0 fully saturated rings. The molecule has 4 atom stereocenters. The molecule has 2 rings (SSSR count). The average molecular weight is 521 g/mol. The van der Waals surface area contributed by atoms with E-state index in [0.29, 0.717) is 11.4 Å². The van der Waals surface area contributed by atoms with Crippen molar-refractivity contribution in [2.75, 3.05) is 0 Å². The fourth-order valence-corrected chi connectivity index (χ4v) is 3.38. The molecule has 15 heteroatoms. The van der Waals surface area contributed by atoms with Crippen LogP contribution in [0.1, 0.15) is 38.1 Å². The van der Waals surface area contributed by atoms with Crippen molar-refractivity contribution in [1.29, 1.82) is 0 Å². The molecule has 0 aromatic carbocycles. The summed E-state index contributed by atoms with van der Waals surface area (Å²) in [6.07, 6.45) is 5.13. The summed E-state index contributed by atoms with van der Waals surface area (Å²) in [5.41, 5.74) is 6.78.